The molecule has 0 saturated carbocycles. The van der Waals surface area contributed by atoms with Crippen molar-refractivity contribution < 1.29 is 56.0 Å². The van der Waals surface area contributed by atoms with Crippen LogP contribution in [0.2, 0.25) is 0 Å². The van der Waals surface area contributed by atoms with Crippen LogP contribution in [-0.4, -0.2) is 57.7 Å². The molecule has 8 nitrogen and oxygen atoms in total. The molecule has 41 heavy (non-hydrogen) atoms. The minimum atomic E-state index is -6.02. The van der Waals surface area contributed by atoms with E-state index in [1.807, 2.05) is 0 Å². The van der Waals surface area contributed by atoms with E-state index in [-0.39, 0.29) is 42.9 Å². The van der Waals surface area contributed by atoms with Gasteiger partial charge in [0.25, 0.3) is 11.5 Å². The summed E-state index contributed by atoms with van der Waals surface area (Å²) < 4.78 is 85.2. The molecular weight excluding hydrogens is 562 g/mol. The molecule has 0 aliphatic carbocycles. The standard InChI is InChI=1S/C27H28F6N2O6/c1-3-7-16-14-18(25(40,26(28,29)30)27(31,32)33)9-11-21(16)41-13-6-5-12-35-22(38)24(4-2,34-23(35)39)17-8-10-19(36)20(37)15-17/h5-6,8-11,14-15,36-37,40H,3-4,7,12-13H2,1-2H3,(H,34,39)/b6-5-. The van der Waals surface area contributed by atoms with Crippen molar-refractivity contribution in [3.8, 4) is 17.2 Å². The first-order chi connectivity index (χ1) is 19.0. The first-order valence-corrected chi connectivity index (χ1v) is 12.5. The lowest BCUT2D eigenvalue weighted by Crippen LogP contribution is -2.53. The molecule has 0 aromatic heterocycles. The number of aliphatic hydroxyl groups is 1. The molecule has 4 N–H and O–H groups in total. The van der Waals surface area contributed by atoms with Crippen LogP contribution in [-0.2, 0) is 22.4 Å². The second kappa shape index (κ2) is 11.5. The van der Waals surface area contributed by atoms with E-state index >= 15 is 0 Å². The third-order valence-electron chi connectivity index (χ3n) is 6.78. The van der Waals surface area contributed by atoms with Gasteiger partial charge in [0.05, 0.1) is 0 Å². The van der Waals surface area contributed by atoms with Crippen LogP contribution in [0.15, 0.2) is 48.6 Å². The number of urea groups is 1. The van der Waals surface area contributed by atoms with Gasteiger partial charge in [-0.05, 0) is 54.3 Å². The lowest BCUT2D eigenvalue weighted by Gasteiger charge is -2.33. The first-order valence-electron chi connectivity index (χ1n) is 12.5. The van der Waals surface area contributed by atoms with Gasteiger partial charge < -0.3 is 25.4 Å². The van der Waals surface area contributed by atoms with Gasteiger partial charge in [0, 0.05) is 12.1 Å². The SMILES string of the molecule is CCCc1cc(C(O)(C(F)(F)F)C(F)(F)F)ccc1OC/C=C\CN1C(=O)NC(CC)(c2ccc(O)c(O)c2)C1=O. The summed E-state index contributed by atoms with van der Waals surface area (Å²) in [6.45, 7) is 2.92. The number of carbonyl (C=O) groups is 2. The van der Waals surface area contributed by atoms with Gasteiger partial charge in [-0.3, -0.25) is 9.69 Å². The molecule has 1 fully saturated rings. The van der Waals surface area contributed by atoms with Gasteiger partial charge in [-0.25, -0.2) is 4.79 Å². The molecule has 1 aliphatic rings. The van der Waals surface area contributed by atoms with Gasteiger partial charge in [0.1, 0.15) is 17.9 Å². The highest BCUT2D eigenvalue weighted by molar-refractivity contribution is 6.07. The average molecular weight is 591 g/mol. The predicted molar refractivity (Wildman–Crippen MR) is 133 cm³/mol. The Bertz CT molecular complexity index is 1310. The largest absolute Gasteiger partial charge is 0.504 e. The maximum absolute atomic E-state index is 13.3. The Hall–Kier alpha value is -3.94. The molecule has 0 bridgehead atoms. The minimum absolute atomic E-state index is 0.000853. The molecule has 2 aromatic rings. The molecule has 0 spiro atoms. The number of imide groups is 1. The van der Waals surface area contributed by atoms with Crippen molar-refractivity contribution in [3.05, 3.63) is 65.2 Å². The van der Waals surface area contributed by atoms with Gasteiger partial charge in [0.15, 0.2) is 11.5 Å². The van der Waals surface area contributed by atoms with Crippen molar-refractivity contribution >= 4 is 11.9 Å². The molecule has 2 aromatic carbocycles. The molecule has 1 unspecified atom stereocenters. The van der Waals surface area contributed by atoms with Crippen LogP contribution in [0.4, 0.5) is 31.1 Å². The predicted octanol–water partition coefficient (Wildman–Crippen LogP) is 5.15. The molecule has 1 saturated heterocycles. The van der Waals surface area contributed by atoms with Crippen LogP contribution in [0.3, 0.4) is 0 Å². The van der Waals surface area contributed by atoms with Gasteiger partial charge in [-0.15, -0.1) is 0 Å². The number of carbonyl (C=O) groups excluding carboxylic acids is 2. The molecule has 14 heteroatoms. The van der Waals surface area contributed by atoms with E-state index in [2.05, 4.69) is 5.32 Å². The van der Waals surface area contributed by atoms with Crippen LogP contribution in [0, 0.1) is 0 Å². The number of phenolic OH excluding ortho intramolecular Hbond substituents is 2. The third-order valence-corrected chi connectivity index (χ3v) is 6.78. The molecule has 3 amide bonds. The summed E-state index contributed by atoms with van der Waals surface area (Å²) in [5.74, 6) is -1.48. The summed E-state index contributed by atoms with van der Waals surface area (Å²) in [6.07, 6.45) is -8.65. The van der Waals surface area contributed by atoms with Crippen molar-refractivity contribution in [3.63, 3.8) is 0 Å². The summed E-state index contributed by atoms with van der Waals surface area (Å²) in [6, 6.07) is 5.07. The Morgan fingerprint density at radius 3 is 2.17 bits per heavy atom. The lowest BCUT2D eigenvalue weighted by atomic mass is 9.87. The van der Waals surface area contributed by atoms with Crippen molar-refractivity contribution in [2.75, 3.05) is 13.2 Å². The van der Waals surface area contributed by atoms with E-state index in [4.69, 9.17) is 4.74 Å². The van der Waals surface area contributed by atoms with Crippen molar-refractivity contribution in [1.29, 1.82) is 0 Å². The Balaban J connectivity index is 1.73. The highest BCUT2D eigenvalue weighted by Gasteiger charge is 2.71. The zero-order valence-electron chi connectivity index (χ0n) is 21.9. The number of amides is 3. The number of hydrogen-bond donors (Lipinski definition) is 4. The van der Waals surface area contributed by atoms with Gasteiger partial charge in [-0.1, -0.05) is 38.5 Å². The number of aromatic hydroxyl groups is 2. The Kier molecular flexibility index (Phi) is 8.87. The first kappa shape index (κ1) is 31.6. The van der Waals surface area contributed by atoms with E-state index in [9.17, 15) is 51.3 Å². The van der Waals surface area contributed by atoms with Crippen molar-refractivity contribution in [2.45, 2.75) is 56.6 Å². The molecule has 1 heterocycles. The summed E-state index contributed by atoms with van der Waals surface area (Å²) >= 11 is 0. The fourth-order valence-corrected chi connectivity index (χ4v) is 4.50. The normalized spacial score (nSPS) is 18.3. The Labute approximate surface area is 230 Å². The number of ether oxygens (including phenoxy) is 1. The van der Waals surface area contributed by atoms with Gasteiger partial charge >= 0.3 is 18.4 Å². The van der Waals surface area contributed by atoms with Gasteiger partial charge in [0.2, 0.25) is 0 Å². The molecule has 3 rings (SSSR count). The molecule has 1 aliphatic heterocycles. The van der Waals surface area contributed by atoms with Crippen LogP contribution < -0.4 is 10.1 Å². The number of nitrogens with one attached hydrogen (secondary N) is 1. The maximum atomic E-state index is 13.3. The van der Waals surface area contributed by atoms with E-state index in [0.717, 1.165) is 11.0 Å². The average Bonchev–Trinajstić information content (AvgIpc) is 3.14. The number of hydrogen-bond acceptors (Lipinski definition) is 6. The van der Waals surface area contributed by atoms with Crippen molar-refractivity contribution in [2.24, 2.45) is 0 Å². The molecular formula is C27H28F6N2O6. The van der Waals surface area contributed by atoms with Gasteiger partial charge in [-0.2, -0.15) is 26.3 Å². The van der Waals surface area contributed by atoms with Crippen LogP contribution in [0.25, 0.3) is 0 Å². The van der Waals surface area contributed by atoms with Crippen LogP contribution >= 0.6 is 0 Å². The fraction of sp³-hybridized carbons (Fsp3) is 0.407. The summed E-state index contributed by atoms with van der Waals surface area (Å²) in [7, 11) is 0. The monoisotopic (exact) mass is 590 g/mol. The quantitative estimate of drug-likeness (QED) is 0.132. The number of halogens is 6. The Morgan fingerprint density at radius 1 is 0.951 bits per heavy atom. The van der Waals surface area contributed by atoms with E-state index < -0.39 is 52.5 Å². The fourth-order valence-electron chi connectivity index (χ4n) is 4.50. The highest BCUT2D eigenvalue weighted by atomic mass is 19.4. The van der Waals surface area contributed by atoms with E-state index in [0.29, 0.717) is 18.6 Å². The topological polar surface area (TPSA) is 119 Å². The summed E-state index contributed by atoms with van der Waals surface area (Å²) in [5, 5.41) is 31.7. The number of rotatable bonds is 10. The van der Waals surface area contributed by atoms with E-state index in [1.54, 1.807) is 13.8 Å². The number of phenols is 2. The molecule has 0 radical (unpaired) electrons. The van der Waals surface area contributed by atoms with Crippen LogP contribution in [0.1, 0.15) is 43.4 Å². The zero-order valence-corrected chi connectivity index (χ0v) is 21.9. The number of nitrogens with zero attached hydrogens (tertiary/aromatic N) is 1. The summed E-state index contributed by atoms with van der Waals surface area (Å²) in [5.41, 5.74) is -7.64. The third kappa shape index (κ3) is 5.78. The number of alkyl halides is 6. The second-order valence-electron chi connectivity index (χ2n) is 9.37. The van der Waals surface area contributed by atoms with Crippen LogP contribution in [0.5, 0.6) is 17.2 Å². The smallest absolute Gasteiger partial charge is 0.430 e. The highest BCUT2D eigenvalue weighted by Crippen LogP contribution is 2.50. The number of benzene rings is 2. The lowest BCUT2D eigenvalue weighted by molar-refractivity contribution is -0.376. The van der Waals surface area contributed by atoms with Crippen molar-refractivity contribution in [1.82, 2.24) is 10.2 Å². The second-order valence-corrected chi connectivity index (χ2v) is 9.37. The minimum Gasteiger partial charge on any atom is -0.504 e. The molecule has 224 valence electrons. The maximum Gasteiger partial charge on any atom is 0.430 e. The summed E-state index contributed by atoms with van der Waals surface area (Å²) in [4.78, 5) is 26.7. The van der Waals surface area contributed by atoms with E-state index in [1.165, 1.54) is 30.4 Å². The number of aryl methyl sites for hydroxylation is 1. The zero-order chi connectivity index (χ0) is 30.8. The molecule has 1 atom stereocenters. The Morgan fingerprint density at radius 2 is 1.61 bits per heavy atom.